The molecule has 0 saturated heterocycles. The molecular formula is C10H18N4. The zero-order chi connectivity index (χ0) is 10.1. The van der Waals surface area contributed by atoms with E-state index in [0.29, 0.717) is 0 Å². The van der Waals surface area contributed by atoms with Gasteiger partial charge in [-0.3, -0.25) is 0 Å². The lowest BCUT2D eigenvalue weighted by molar-refractivity contribution is 0.384. The molecule has 14 heavy (non-hydrogen) atoms. The van der Waals surface area contributed by atoms with Gasteiger partial charge in [0.05, 0.1) is 0 Å². The number of hydrogen-bond acceptors (Lipinski definition) is 3. The molecule has 4 nitrogen and oxygen atoms in total. The third-order valence-electron chi connectivity index (χ3n) is 2.76. The monoisotopic (exact) mass is 194 g/mol. The number of nitrogens with two attached hydrogens (primary N) is 1. The first kappa shape index (κ1) is 9.65. The maximum Gasteiger partial charge on any atom is 0.134 e. The summed E-state index contributed by atoms with van der Waals surface area (Å²) in [5.74, 6) is 2.94. The SMILES string of the molecule is CC(N)Cc1nnc2n1CC(C)CC2. The fourth-order valence-corrected chi connectivity index (χ4v) is 1.99. The van der Waals surface area contributed by atoms with Crippen LogP contribution in [-0.4, -0.2) is 20.8 Å². The normalized spacial score (nSPS) is 23.2. The predicted molar refractivity (Wildman–Crippen MR) is 54.9 cm³/mol. The summed E-state index contributed by atoms with van der Waals surface area (Å²) < 4.78 is 2.25. The van der Waals surface area contributed by atoms with Crippen LogP contribution in [-0.2, 0) is 19.4 Å². The Hall–Kier alpha value is -0.900. The highest BCUT2D eigenvalue weighted by atomic mass is 15.3. The Kier molecular flexibility index (Phi) is 2.54. The van der Waals surface area contributed by atoms with Crippen LogP contribution in [0, 0.1) is 5.92 Å². The Labute approximate surface area is 84.5 Å². The van der Waals surface area contributed by atoms with E-state index in [1.165, 1.54) is 6.42 Å². The number of aromatic nitrogens is 3. The van der Waals surface area contributed by atoms with Gasteiger partial charge in [-0.05, 0) is 19.3 Å². The van der Waals surface area contributed by atoms with E-state index in [9.17, 15) is 0 Å². The van der Waals surface area contributed by atoms with Crippen LogP contribution in [0.1, 0.15) is 31.9 Å². The summed E-state index contributed by atoms with van der Waals surface area (Å²) in [7, 11) is 0. The minimum absolute atomic E-state index is 0.167. The molecule has 0 amide bonds. The zero-order valence-electron chi connectivity index (χ0n) is 8.90. The van der Waals surface area contributed by atoms with Gasteiger partial charge in [0.15, 0.2) is 0 Å². The molecule has 0 radical (unpaired) electrons. The van der Waals surface area contributed by atoms with E-state index >= 15 is 0 Å². The Balaban J connectivity index is 2.22. The van der Waals surface area contributed by atoms with Gasteiger partial charge in [0.2, 0.25) is 0 Å². The second-order valence-electron chi connectivity index (χ2n) is 4.47. The van der Waals surface area contributed by atoms with Crippen molar-refractivity contribution >= 4 is 0 Å². The van der Waals surface area contributed by atoms with Crippen molar-refractivity contribution in [3.63, 3.8) is 0 Å². The first-order valence-corrected chi connectivity index (χ1v) is 5.33. The molecule has 2 N–H and O–H groups in total. The van der Waals surface area contributed by atoms with Crippen LogP contribution in [0.4, 0.5) is 0 Å². The summed E-state index contributed by atoms with van der Waals surface area (Å²) in [5.41, 5.74) is 5.77. The number of nitrogens with zero attached hydrogens (tertiary/aromatic N) is 3. The maximum atomic E-state index is 5.77. The molecule has 4 heteroatoms. The molecule has 0 bridgehead atoms. The van der Waals surface area contributed by atoms with E-state index < -0.39 is 0 Å². The van der Waals surface area contributed by atoms with E-state index in [1.807, 2.05) is 6.92 Å². The highest BCUT2D eigenvalue weighted by molar-refractivity contribution is 5.00. The van der Waals surface area contributed by atoms with E-state index in [0.717, 1.165) is 37.0 Å². The van der Waals surface area contributed by atoms with Crippen molar-refractivity contribution in [1.82, 2.24) is 14.8 Å². The first-order chi connectivity index (χ1) is 6.66. The molecule has 1 aromatic rings. The zero-order valence-corrected chi connectivity index (χ0v) is 8.90. The number of hydrogen-bond donors (Lipinski definition) is 1. The molecule has 78 valence electrons. The van der Waals surface area contributed by atoms with Crippen LogP contribution in [0.15, 0.2) is 0 Å². The topological polar surface area (TPSA) is 56.7 Å². The van der Waals surface area contributed by atoms with Crippen molar-refractivity contribution in [3.05, 3.63) is 11.6 Å². The van der Waals surface area contributed by atoms with E-state index in [1.54, 1.807) is 0 Å². The van der Waals surface area contributed by atoms with Gasteiger partial charge < -0.3 is 10.3 Å². The second kappa shape index (κ2) is 3.69. The van der Waals surface area contributed by atoms with Crippen molar-refractivity contribution in [2.24, 2.45) is 11.7 Å². The highest BCUT2D eigenvalue weighted by Gasteiger charge is 2.20. The van der Waals surface area contributed by atoms with Gasteiger partial charge >= 0.3 is 0 Å². The van der Waals surface area contributed by atoms with Gasteiger partial charge in [-0.1, -0.05) is 6.92 Å². The van der Waals surface area contributed by atoms with Crippen molar-refractivity contribution < 1.29 is 0 Å². The molecule has 0 saturated carbocycles. The largest absolute Gasteiger partial charge is 0.328 e. The Morgan fingerprint density at radius 3 is 3.07 bits per heavy atom. The smallest absolute Gasteiger partial charge is 0.134 e. The average molecular weight is 194 g/mol. The van der Waals surface area contributed by atoms with E-state index in [4.69, 9.17) is 5.73 Å². The molecule has 2 heterocycles. The van der Waals surface area contributed by atoms with Gasteiger partial charge in [0.25, 0.3) is 0 Å². The summed E-state index contributed by atoms with van der Waals surface area (Å²) in [6.45, 7) is 5.34. The maximum absolute atomic E-state index is 5.77. The second-order valence-corrected chi connectivity index (χ2v) is 4.47. The van der Waals surface area contributed by atoms with Crippen LogP contribution in [0.2, 0.25) is 0 Å². The van der Waals surface area contributed by atoms with E-state index in [-0.39, 0.29) is 6.04 Å². The van der Waals surface area contributed by atoms with Crippen LogP contribution >= 0.6 is 0 Å². The standard InChI is InChI=1S/C10H18N4/c1-7-3-4-9-12-13-10(5-8(2)11)14(9)6-7/h7-8H,3-6,11H2,1-2H3. The molecule has 1 aliphatic rings. The summed E-state index contributed by atoms with van der Waals surface area (Å²) in [5, 5.41) is 8.41. The van der Waals surface area contributed by atoms with Gasteiger partial charge in [-0.2, -0.15) is 0 Å². The summed E-state index contributed by atoms with van der Waals surface area (Å²) >= 11 is 0. The predicted octanol–water partition coefficient (Wildman–Crippen LogP) is 0.750. The lowest BCUT2D eigenvalue weighted by atomic mass is 10.0. The van der Waals surface area contributed by atoms with Crippen molar-refractivity contribution in [3.8, 4) is 0 Å². The Morgan fingerprint density at radius 2 is 2.36 bits per heavy atom. The average Bonchev–Trinajstić information content (AvgIpc) is 2.47. The lowest BCUT2D eigenvalue weighted by Gasteiger charge is -2.21. The van der Waals surface area contributed by atoms with Crippen molar-refractivity contribution in [2.45, 2.75) is 45.7 Å². The minimum Gasteiger partial charge on any atom is -0.328 e. The van der Waals surface area contributed by atoms with Crippen LogP contribution in [0.3, 0.4) is 0 Å². The fourth-order valence-electron chi connectivity index (χ4n) is 1.99. The highest BCUT2D eigenvalue weighted by Crippen LogP contribution is 2.19. The minimum atomic E-state index is 0.167. The van der Waals surface area contributed by atoms with Crippen LogP contribution in [0.5, 0.6) is 0 Å². The third kappa shape index (κ3) is 1.80. The van der Waals surface area contributed by atoms with Gasteiger partial charge in [0.1, 0.15) is 11.6 Å². The molecule has 2 rings (SSSR count). The van der Waals surface area contributed by atoms with Gasteiger partial charge in [-0.15, -0.1) is 10.2 Å². The third-order valence-corrected chi connectivity index (χ3v) is 2.76. The molecule has 1 aromatic heterocycles. The van der Waals surface area contributed by atoms with Crippen molar-refractivity contribution in [1.29, 1.82) is 0 Å². The molecule has 2 unspecified atom stereocenters. The van der Waals surface area contributed by atoms with Crippen molar-refractivity contribution in [2.75, 3.05) is 0 Å². The lowest BCUT2D eigenvalue weighted by Crippen LogP contribution is -2.24. The number of rotatable bonds is 2. The van der Waals surface area contributed by atoms with Crippen LogP contribution in [0.25, 0.3) is 0 Å². The number of aryl methyl sites for hydroxylation is 1. The summed E-state index contributed by atoms with van der Waals surface area (Å²) in [6.07, 6.45) is 3.13. The summed E-state index contributed by atoms with van der Waals surface area (Å²) in [4.78, 5) is 0. The van der Waals surface area contributed by atoms with E-state index in [2.05, 4.69) is 21.7 Å². The Bertz CT molecular complexity index is 316. The number of fused-ring (bicyclic) bond motifs is 1. The molecule has 0 aliphatic carbocycles. The molecule has 0 fully saturated rings. The quantitative estimate of drug-likeness (QED) is 0.756. The van der Waals surface area contributed by atoms with Gasteiger partial charge in [-0.25, -0.2) is 0 Å². The Morgan fingerprint density at radius 1 is 1.57 bits per heavy atom. The summed E-state index contributed by atoms with van der Waals surface area (Å²) in [6, 6.07) is 0.167. The first-order valence-electron chi connectivity index (χ1n) is 5.33. The van der Waals surface area contributed by atoms with Gasteiger partial charge in [0, 0.05) is 25.4 Å². The fraction of sp³-hybridized carbons (Fsp3) is 0.800. The van der Waals surface area contributed by atoms with Crippen LogP contribution < -0.4 is 5.73 Å². The molecule has 0 aromatic carbocycles. The molecule has 0 spiro atoms. The molecule has 1 aliphatic heterocycles. The molecular weight excluding hydrogens is 176 g/mol. The molecule has 2 atom stereocenters.